The largest absolute Gasteiger partial charge is 0.402 e. The zero-order chi connectivity index (χ0) is 24.6. The van der Waals surface area contributed by atoms with Crippen LogP contribution in [-0.2, 0) is 0 Å². The molecule has 11 heteroatoms. The molecule has 174 valence electrons. The van der Waals surface area contributed by atoms with E-state index < -0.39 is 40.0 Å². The van der Waals surface area contributed by atoms with Crippen molar-refractivity contribution in [3.05, 3.63) is 99.4 Å². The molecule has 4 aromatic rings. The van der Waals surface area contributed by atoms with Crippen molar-refractivity contribution in [2.75, 3.05) is 0 Å². The summed E-state index contributed by atoms with van der Waals surface area (Å²) in [7, 11) is 0. The van der Waals surface area contributed by atoms with Gasteiger partial charge in [-0.3, -0.25) is 0 Å². The van der Waals surface area contributed by atoms with Gasteiger partial charge in [-0.15, -0.1) is 0 Å². The molecule has 0 unspecified atom stereocenters. The van der Waals surface area contributed by atoms with Gasteiger partial charge in [0.15, 0.2) is 23.3 Å². The summed E-state index contributed by atoms with van der Waals surface area (Å²) in [5, 5.41) is 4.27. The molecule has 0 fully saturated rings. The van der Waals surface area contributed by atoms with Crippen LogP contribution in [0.15, 0.2) is 68.9 Å². The van der Waals surface area contributed by atoms with Crippen LogP contribution in [0, 0.1) is 36.0 Å². The number of nitrogens with zero attached hydrogens (tertiary/aromatic N) is 2. The first-order chi connectivity index (χ1) is 16.2. The molecule has 0 aliphatic carbocycles. The third-order valence-electron chi connectivity index (χ3n) is 4.62. The highest BCUT2D eigenvalue weighted by Crippen LogP contribution is 2.42. The fourth-order valence-electron chi connectivity index (χ4n) is 2.99. The molecule has 4 rings (SSSR count). The topological polar surface area (TPSA) is 44.1 Å². The average molecular weight is 555 g/mol. The molecule has 0 spiro atoms. The van der Waals surface area contributed by atoms with Crippen molar-refractivity contribution in [1.29, 1.82) is 0 Å². The lowest BCUT2D eigenvalue weighted by molar-refractivity contribution is 0.0717. The molecule has 0 saturated carbocycles. The van der Waals surface area contributed by atoms with E-state index in [4.69, 9.17) is 4.74 Å². The molecule has 0 aliphatic heterocycles. The first-order valence-corrected chi connectivity index (χ1v) is 11.1. The molecule has 1 heterocycles. The van der Waals surface area contributed by atoms with Gasteiger partial charge in [0.05, 0.1) is 26.7 Å². The summed E-state index contributed by atoms with van der Waals surface area (Å²) in [5.74, 6) is -11.5. The first kappa shape index (κ1) is 24.0. The Labute approximate surface area is 202 Å². The van der Waals surface area contributed by atoms with Gasteiger partial charge < -0.3 is 4.74 Å². The lowest BCUT2D eigenvalue weighted by Gasteiger charge is -2.12. The number of ether oxygens (including phenoxy) is 1. The third-order valence-corrected chi connectivity index (χ3v) is 6.55. The Morgan fingerprint density at radius 1 is 0.853 bits per heavy atom. The highest BCUT2D eigenvalue weighted by molar-refractivity contribution is 9.10. The Hall–Kier alpha value is -3.18. The van der Waals surface area contributed by atoms with E-state index in [2.05, 4.69) is 21.0 Å². The summed E-state index contributed by atoms with van der Waals surface area (Å²) < 4.78 is 77.0. The van der Waals surface area contributed by atoms with E-state index >= 15 is 0 Å². The van der Waals surface area contributed by atoms with Gasteiger partial charge in [-0.05, 0) is 47.1 Å². The van der Waals surface area contributed by atoms with Crippen molar-refractivity contribution in [2.45, 2.75) is 16.7 Å². The minimum atomic E-state index is -2.27. The highest BCUT2D eigenvalue weighted by atomic mass is 79.9. The van der Waals surface area contributed by atoms with Crippen LogP contribution in [0.25, 0.3) is 5.69 Å². The second-order valence-corrected chi connectivity index (χ2v) is 8.71. The standard InChI is InChI=1S/C23H12BrF5N2O2S/c1-11-20(34-21-18(28)16(26)15(25)17(27)19(21)29)22(31(30-11)12-7-3-2-4-8-12)33-23(32)13-9-5-6-10-14(13)24/h2-10H,1H3. The van der Waals surface area contributed by atoms with Crippen LogP contribution in [0.4, 0.5) is 22.0 Å². The van der Waals surface area contributed by atoms with Crippen LogP contribution in [0.1, 0.15) is 16.1 Å². The van der Waals surface area contributed by atoms with Gasteiger partial charge in [0.1, 0.15) is 0 Å². The van der Waals surface area contributed by atoms with Crippen LogP contribution in [0.3, 0.4) is 0 Å². The first-order valence-electron chi connectivity index (χ1n) is 9.51. The second-order valence-electron chi connectivity index (χ2n) is 6.84. The van der Waals surface area contributed by atoms with Gasteiger partial charge in [0, 0.05) is 4.47 Å². The smallest absolute Gasteiger partial charge is 0.346 e. The Morgan fingerprint density at radius 2 is 1.41 bits per heavy atom. The maximum Gasteiger partial charge on any atom is 0.346 e. The van der Waals surface area contributed by atoms with E-state index in [1.54, 1.807) is 48.5 Å². The van der Waals surface area contributed by atoms with Crippen LogP contribution in [0.2, 0.25) is 0 Å². The SMILES string of the molecule is Cc1nn(-c2ccccc2)c(OC(=O)c2ccccc2Br)c1Sc1c(F)c(F)c(F)c(F)c1F. The summed E-state index contributed by atoms with van der Waals surface area (Å²) in [4.78, 5) is 11.6. The minimum absolute atomic E-state index is 0.104. The molecule has 0 N–H and O–H groups in total. The third kappa shape index (κ3) is 4.32. The Morgan fingerprint density at radius 3 is 2.03 bits per heavy atom. The lowest BCUT2D eigenvalue weighted by Crippen LogP contribution is -2.13. The van der Waals surface area contributed by atoms with E-state index in [1.807, 2.05) is 0 Å². The van der Waals surface area contributed by atoms with Gasteiger partial charge >= 0.3 is 5.97 Å². The van der Waals surface area contributed by atoms with Crippen molar-refractivity contribution in [1.82, 2.24) is 9.78 Å². The van der Waals surface area contributed by atoms with E-state index in [0.717, 1.165) is 0 Å². The molecule has 1 aromatic heterocycles. The fraction of sp³-hybridized carbons (Fsp3) is 0.0435. The maximum absolute atomic E-state index is 14.4. The number of hydrogen-bond acceptors (Lipinski definition) is 4. The van der Waals surface area contributed by atoms with E-state index in [-0.39, 0.29) is 33.8 Å². The zero-order valence-electron chi connectivity index (χ0n) is 17.1. The van der Waals surface area contributed by atoms with Crippen molar-refractivity contribution >= 4 is 33.7 Å². The molecule has 4 nitrogen and oxygen atoms in total. The number of carbonyl (C=O) groups is 1. The zero-order valence-corrected chi connectivity index (χ0v) is 19.5. The molecule has 0 amide bonds. The Kier molecular flexibility index (Phi) is 6.76. The van der Waals surface area contributed by atoms with Crippen LogP contribution in [0.5, 0.6) is 5.88 Å². The summed E-state index contributed by atoms with van der Waals surface area (Å²) in [6, 6.07) is 14.8. The fourth-order valence-corrected chi connectivity index (χ4v) is 4.40. The molecule has 3 aromatic carbocycles. The summed E-state index contributed by atoms with van der Waals surface area (Å²) in [6.07, 6.45) is 0. The van der Waals surface area contributed by atoms with Crippen molar-refractivity contribution in [2.24, 2.45) is 0 Å². The molecule has 0 atom stereocenters. The molecular formula is C23H12BrF5N2O2S. The predicted molar refractivity (Wildman–Crippen MR) is 118 cm³/mol. The number of benzene rings is 3. The van der Waals surface area contributed by atoms with Crippen LogP contribution in [-0.4, -0.2) is 15.7 Å². The monoisotopic (exact) mass is 554 g/mol. The van der Waals surface area contributed by atoms with Gasteiger partial charge in [-0.25, -0.2) is 26.7 Å². The van der Waals surface area contributed by atoms with E-state index in [9.17, 15) is 26.7 Å². The number of aryl methyl sites for hydroxylation is 1. The molecule has 0 radical (unpaired) electrons. The number of carbonyl (C=O) groups excluding carboxylic acids is 1. The quantitative estimate of drug-likeness (QED) is 0.115. The van der Waals surface area contributed by atoms with Gasteiger partial charge in [0.2, 0.25) is 11.7 Å². The van der Waals surface area contributed by atoms with Crippen LogP contribution < -0.4 is 4.74 Å². The second kappa shape index (κ2) is 9.59. The van der Waals surface area contributed by atoms with Crippen LogP contribution >= 0.6 is 27.7 Å². The number of hydrogen-bond donors (Lipinski definition) is 0. The average Bonchev–Trinajstić information content (AvgIpc) is 3.14. The minimum Gasteiger partial charge on any atom is -0.402 e. The number of para-hydroxylation sites is 1. The molecule has 34 heavy (non-hydrogen) atoms. The number of halogens is 6. The molecule has 0 bridgehead atoms. The highest BCUT2D eigenvalue weighted by Gasteiger charge is 2.30. The number of rotatable bonds is 5. The van der Waals surface area contributed by atoms with Crippen molar-refractivity contribution in [3.63, 3.8) is 0 Å². The van der Waals surface area contributed by atoms with E-state index in [0.29, 0.717) is 10.2 Å². The molecule has 0 aliphatic rings. The Bertz CT molecular complexity index is 1380. The van der Waals surface area contributed by atoms with Crippen molar-refractivity contribution < 1.29 is 31.5 Å². The predicted octanol–water partition coefficient (Wildman–Crippen LogP) is 7.01. The number of aromatic nitrogens is 2. The van der Waals surface area contributed by atoms with E-state index in [1.165, 1.54) is 17.7 Å². The van der Waals surface area contributed by atoms with Gasteiger partial charge in [-0.1, -0.05) is 42.1 Å². The maximum atomic E-state index is 14.4. The summed E-state index contributed by atoms with van der Waals surface area (Å²) in [6.45, 7) is 1.45. The normalized spacial score (nSPS) is 11.0. The van der Waals surface area contributed by atoms with Gasteiger partial charge in [0.25, 0.3) is 0 Å². The molecule has 0 saturated heterocycles. The summed E-state index contributed by atoms with van der Waals surface area (Å²) in [5.41, 5.74) is 0.714. The van der Waals surface area contributed by atoms with Gasteiger partial charge in [-0.2, -0.15) is 9.78 Å². The Balaban J connectivity index is 1.87. The number of esters is 1. The van der Waals surface area contributed by atoms with Crippen molar-refractivity contribution in [3.8, 4) is 11.6 Å². The summed E-state index contributed by atoms with van der Waals surface area (Å²) >= 11 is 3.47. The molecular weight excluding hydrogens is 543 g/mol. The lowest BCUT2D eigenvalue weighted by atomic mass is 10.2.